The van der Waals surface area contributed by atoms with Crippen molar-refractivity contribution in [2.75, 3.05) is 19.7 Å². The first-order chi connectivity index (χ1) is 11.0. The molecule has 1 aliphatic rings. The van der Waals surface area contributed by atoms with E-state index in [4.69, 9.17) is 4.74 Å². The van der Waals surface area contributed by atoms with E-state index in [2.05, 4.69) is 0 Å². The van der Waals surface area contributed by atoms with E-state index in [1.54, 1.807) is 6.92 Å². The lowest BCUT2D eigenvalue weighted by molar-refractivity contribution is -0.148. The molecule has 0 aromatic heterocycles. The molecule has 0 atom stereocenters. The molecular formula is C16H18N2O5. The van der Waals surface area contributed by atoms with Crippen molar-refractivity contribution in [3.63, 3.8) is 0 Å². The number of amides is 4. The number of benzene rings is 1. The van der Waals surface area contributed by atoms with E-state index in [-0.39, 0.29) is 13.2 Å². The topological polar surface area (TPSA) is 84.0 Å². The third kappa shape index (κ3) is 3.94. The Kier molecular flexibility index (Phi) is 5.46. The minimum Gasteiger partial charge on any atom is -0.465 e. The van der Waals surface area contributed by atoms with Crippen molar-refractivity contribution in [2.24, 2.45) is 0 Å². The molecule has 1 saturated heterocycles. The summed E-state index contributed by atoms with van der Waals surface area (Å²) in [5.41, 5.74) is 1.08. The monoisotopic (exact) mass is 318 g/mol. The van der Waals surface area contributed by atoms with Gasteiger partial charge in [0.2, 0.25) is 0 Å². The summed E-state index contributed by atoms with van der Waals surface area (Å²) in [4.78, 5) is 48.7. The number of carbonyl (C=O) groups excluding carboxylic acids is 4. The van der Waals surface area contributed by atoms with Gasteiger partial charge in [-0.05, 0) is 25.3 Å². The lowest BCUT2D eigenvalue weighted by atomic mass is 10.1. The molecule has 7 nitrogen and oxygen atoms in total. The molecule has 1 aliphatic heterocycles. The van der Waals surface area contributed by atoms with E-state index < -0.39 is 30.4 Å². The molecule has 1 aromatic carbocycles. The van der Waals surface area contributed by atoms with Crippen LogP contribution < -0.4 is 0 Å². The third-order valence-corrected chi connectivity index (χ3v) is 3.42. The van der Waals surface area contributed by atoms with Crippen molar-refractivity contribution in [1.82, 2.24) is 9.80 Å². The van der Waals surface area contributed by atoms with Crippen LogP contribution in [0.3, 0.4) is 0 Å². The van der Waals surface area contributed by atoms with Gasteiger partial charge in [-0.25, -0.2) is 9.69 Å². The average Bonchev–Trinajstić information content (AvgIpc) is 2.74. The smallest absolute Gasteiger partial charge is 0.334 e. The maximum atomic E-state index is 12.1. The molecule has 1 aromatic rings. The van der Waals surface area contributed by atoms with Gasteiger partial charge in [-0.2, -0.15) is 0 Å². The molecule has 2 rings (SSSR count). The van der Waals surface area contributed by atoms with Gasteiger partial charge in [0.05, 0.1) is 6.61 Å². The number of nitrogens with zero attached hydrogens (tertiary/aromatic N) is 2. The lowest BCUT2D eigenvalue weighted by Crippen LogP contribution is -2.37. The Morgan fingerprint density at radius 3 is 2.35 bits per heavy atom. The number of ether oxygens (including phenoxy) is 1. The summed E-state index contributed by atoms with van der Waals surface area (Å²) in [6.07, 6.45) is 1.23. The quantitative estimate of drug-likeness (QED) is 0.425. The van der Waals surface area contributed by atoms with Crippen LogP contribution in [0, 0.1) is 0 Å². The molecule has 4 amide bonds. The maximum Gasteiger partial charge on any atom is 0.334 e. The van der Waals surface area contributed by atoms with E-state index in [1.807, 2.05) is 30.3 Å². The fourth-order valence-electron chi connectivity index (χ4n) is 2.31. The average molecular weight is 318 g/mol. The zero-order valence-corrected chi connectivity index (χ0v) is 12.9. The van der Waals surface area contributed by atoms with Crippen molar-refractivity contribution in [3.05, 3.63) is 35.9 Å². The molecule has 0 radical (unpaired) electrons. The Morgan fingerprint density at radius 1 is 1.04 bits per heavy atom. The first-order valence-electron chi connectivity index (χ1n) is 7.41. The number of carbonyl (C=O) groups is 4. The first-order valence-corrected chi connectivity index (χ1v) is 7.41. The fraction of sp³-hybridized carbons (Fsp3) is 0.375. The highest BCUT2D eigenvalue weighted by atomic mass is 16.5. The van der Waals surface area contributed by atoms with Gasteiger partial charge in [0.25, 0.3) is 0 Å². The third-order valence-electron chi connectivity index (χ3n) is 3.42. The largest absolute Gasteiger partial charge is 0.465 e. The maximum absolute atomic E-state index is 12.1. The molecule has 1 fully saturated rings. The van der Waals surface area contributed by atoms with Crippen LogP contribution in [0.5, 0.6) is 0 Å². The van der Waals surface area contributed by atoms with Gasteiger partial charge in [-0.1, -0.05) is 30.3 Å². The van der Waals surface area contributed by atoms with Crippen LogP contribution in [0.15, 0.2) is 30.3 Å². The number of urea groups is 1. The van der Waals surface area contributed by atoms with Crippen molar-refractivity contribution >= 4 is 23.8 Å². The van der Waals surface area contributed by atoms with E-state index in [0.717, 1.165) is 10.5 Å². The van der Waals surface area contributed by atoms with Crippen LogP contribution >= 0.6 is 0 Å². The summed E-state index contributed by atoms with van der Waals surface area (Å²) >= 11 is 0. The molecule has 0 bridgehead atoms. The minimum atomic E-state index is -0.984. The van der Waals surface area contributed by atoms with Crippen LogP contribution in [0.4, 0.5) is 4.79 Å². The molecule has 122 valence electrons. The second-order valence-electron chi connectivity index (χ2n) is 5.02. The van der Waals surface area contributed by atoms with Gasteiger partial charge in [-0.3, -0.25) is 19.3 Å². The Balaban J connectivity index is 1.92. The summed E-state index contributed by atoms with van der Waals surface area (Å²) in [6, 6.07) is 8.86. The Morgan fingerprint density at radius 2 is 1.70 bits per heavy atom. The van der Waals surface area contributed by atoms with E-state index in [0.29, 0.717) is 17.7 Å². The van der Waals surface area contributed by atoms with Crippen LogP contribution in [0.2, 0.25) is 0 Å². The summed E-state index contributed by atoms with van der Waals surface area (Å²) in [5.74, 6) is -2.59. The predicted octanol–water partition coefficient (Wildman–Crippen LogP) is 0.973. The highest BCUT2D eigenvalue weighted by Gasteiger charge is 2.44. The van der Waals surface area contributed by atoms with E-state index >= 15 is 0 Å². The van der Waals surface area contributed by atoms with E-state index in [1.165, 1.54) is 0 Å². The zero-order valence-electron chi connectivity index (χ0n) is 12.9. The fourth-order valence-corrected chi connectivity index (χ4v) is 2.31. The van der Waals surface area contributed by atoms with Crippen molar-refractivity contribution < 1.29 is 23.9 Å². The number of hydrogen-bond acceptors (Lipinski definition) is 5. The molecule has 1 heterocycles. The van der Waals surface area contributed by atoms with Gasteiger partial charge in [-0.15, -0.1) is 0 Å². The summed E-state index contributed by atoms with van der Waals surface area (Å²) in [5, 5.41) is 0. The molecule has 0 saturated carbocycles. The number of aryl methyl sites for hydroxylation is 1. The predicted molar refractivity (Wildman–Crippen MR) is 80.2 cm³/mol. The normalized spacial score (nSPS) is 14.6. The first kappa shape index (κ1) is 16.7. The van der Waals surface area contributed by atoms with Crippen LogP contribution in [-0.4, -0.2) is 53.3 Å². The molecule has 0 N–H and O–H groups in total. The molecule has 0 unspecified atom stereocenters. The van der Waals surface area contributed by atoms with Crippen LogP contribution in [0.1, 0.15) is 18.9 Å². The summed E-state index contributed by atoms with van der Waals surface area (Å²) in [7, 11) is 0. The van der Waals surface area contributed by atoms with Crippen LogP contribution in [-0.2, 0) is 25.5 Å². The molecule has 23 heavy (non-hydrogen) atoms. The zero-order chi connectivity index (χ0) is 16.8. The van der Waals surface area contributed by atoms with Crippen molar-refractivity contribution in [1.29, 1.82) is 0 Å². The summed E-state index contributed by atoms with van der Waals surface area (Å²) in [6.45, 7) is 1.36. The lowest BCUT2D eigenvalue weighted by Gasteiger charge is -2.14. The van der Waals surface area contributed by atoms with Crippen molar-refractivity contribution in [3.8, 4) is 0 Å². The standard InChI is InChI=1S/C16H18N2O5/c1-2-23-13(19)11-18-15(21)14(20)17(16(18)22)10-6-9-12-7-4-3-5-8-12/h3-5,7-8H,2,6,9-11H2,1H3. The van der Waals surface area contributed by atoms with Crippen molar-refractivity contribution in [2.45, 2.75) is 19.8 Å². The van der Waals surface area contributed by atoms with Gasteiger partial charge < -0.3 is 4.74 Å². The van der Waals surface area contributed by atoms with Crippen LogP contribution in [0.25, 0.3) is 0 Å². The number of rotatable bonds is 7. The van der Waals surface area contributed by atoms with Gasteiger partial charge in [0.15, 0.2) is 0 Å². The summed E-state index contributed by atoms with van der Waals surface area (Å²) < 4.78 is 4.70. The second-order valence-corrected chi connectivity index (χ2v) is 5.02. The number of imide groups is 2. The number of esters is 1. The molecular weight excluding hydrogens is 300 g/mol. The van der Waals surface area contributed by atoms with Gasteiger partial charge in [0, 0.05) is 6.54 Å². The molecule has 7 heteroatoms. The Labute approximate surface area is 133 Å². The highest BCUT2D eigenvalue weighted by Crippen LogP contribution is 2.13. The molecule has 0 spiro atoms. The minimum absolute atomic E-state index is 0.137. The SMILES string of the molecule is CCOC(=O)CN1C(=O)C(=O)N(CCCc2ccccc2)C1=O. The Bertz CT molecular complexity index is 614. The molecule has 0 aliphatic carbocycles. The van der Waals surface area contributed by atoms with E-state index in [9.17, 15) is 19.2 Å². The highest BCUT2D eigenvalue weighted by molar-refractivity contribution is 6.44. The Hall–Kier alpha value is -2.70. The number of hydrogen-bond donors (Lipinski definition) is 0. The van der Waals surface area contributed by atoms with Gasteiger partial charge >= 0.3 is 23.8 Å². The second kappa shape index (κ2) is 7.53. The van der Waals surface area contributed by atoms with Gasteiger partial charge in [0.1, 0.15) is 6.54 Å².